The molecule has 0 heterocycles. The number of rotatable bonds is 6. The van der Waals surface area contributed by atoms with Gasteiger partial charge < -0.3 is 15.4 Å². The van der Waals surface area contributed by atoms with Crippen LogP contribution in [0.1, 0.15) is 40.2 Å². The van der Waals surface area contributed by atoms with E-state index in [9.17, 15) is 9.59 Å². The second-order valence-electron chi connectivity index (χ2n) is 8.29. The molecule has 0 saturated heterocycles. The summed E-state index contributed by atoms with van der Waals surface area (Å²) in [5, 5.41) is 5.76. The molecule has 0 aliphatic heterocycles. The summed E-state index contributed by atoms with van der Waals surface area (Å²) in [6, 6.07) is 14.7. The molecule has 2 aromatic carbocycles. The number of hydrogen-bond acceptors (Lipinski definition) is 3. The van der Waals surface area contributed by atoms with Gasteiger partial charge in [0.25, 0.3) is 5.91 Å². The molecule has 0 spiro atoms. The molecule has 29 heavy (non-hydrogen) atoms. The van der Waals surface area contributed by atoms with Crippen molar-refractivity contribution in [3.8, 4) is 5.75 Å². The van der Waals surface area contributed by atoms with Crippen molar-refractivity contribution >= 4 is 23.3 Å². The van der Waals surface area contributed by atoms with Crippen LogP contribution in [0.4, 0.5) is 16.2 Å². The molecule has 6 nitrogen and oxygen atoms in total. The second kappa shape index (κ2) is 9.45. The fourth-order valence-electron chi connectivity index (χ4n) is 2.81. The van der Waals surface area contributed by atoms with Gasteiger partial charge >= 0.3 is 6.03 Å². The van der Waals surface area contributed by atoms with Gasteiger partial charge in [-0.2, -0.15) is 0 Å². The molecular formula is C23H31N3O3. The van der Waals surface area contributed by atoms with Gasteiger partial charge in [-0.1, -0.05) is 39.0 Å². The van der Waals surface area contributed by atoms with Crippen molar-refractivity contribution < 1.29 is 14.3 Å². The maximum Gasteiger partial charge on any atom is 0.321 e. The summed E-state index contributed by atoms with van der Waals surface area (Å²) in [5.41, 5.74) is 2.52. The Balaban J connectivity index is 1.94. The highest BCUT2D eigenvalue weighted by molar-refractivity contribution is 5.93. The van der Waals surface area contributed by atoms with Gasteiger partial charge in [0.05, 0.1) is 0 Å². The van der Waals surface area contributed by atoms with Crippen LogP contribution in [0.25, 0.3) is 0 Å². The van der Waals surface area contributed by atoms with E-state index in [0.717, 1.165) is 16.9 Å². The quantitative estimate of drug-likeness (QED) is 0.751. The Morgan fingerprint density at radius 3 is 2.24 bits per heavy atom. The molecule has 0 atom stereocenters. The van der Waals surface area contributed by atoms with Gasteiger partial charge in [0.15, 0.2) is 6.61 Å². The van der Waals surface area contributed by atoms with Crippen LogP contribution >= 0.6 is 0 Å². The minimum Gasteiger partial charge on any atom is -0.484 e. The van der Waals surface area contributed by atoms with E-state index < -0.39 is 0 Å². The number of anilines is 2. The van der Waals surface area contributed by atoms with Crippen molar-refractivity contribution in [1.82, 2.24) is 5.32 Å². The van der Waals surface area contributed by atoms with Gasteiger partial charge in [-0.25, -0.2) is 4.79 Å². The molecule has 0 aliphatic rings. The molecule has 0 unspecified atom stereocenters. The highest BCUT2D eigenvalue weighted by atomic mass is 16.5. The minimum atomic E-state index is -0.223. The Morgan fingerprint density at radius 1 is 1.03 bits per heavy atom. The molecule has 2 rings (SSSR count). The third kappa shape index (κ3) is 6.52. The van der Waals surface area contributed by atoms with Crippen molar-refractivity contribution in [2.24, 2.45) is 0 Å². The maximum absolute atomic E-state index is 12.3. The lowest BCUT2D eigenvalue weighted by Crippen LogP contribution is -2.40. The van der Waals surface area contributed by atoms with Gasteiger partial charge in [0.2, 0.25) is 0 Å². The van der Waals surface area contributed by atoms with Crippen molar-refractivity contribution in [2.75, 3.05) is 23.9 Å². The smallest absolute Gasteiger partial charge is 0.321 e. The molecule has 0 bridgehead atoms. The SMILES string of the molecule is CC(C)NC(=O)N(C)c1ccc(OCC(=O)Nc2ccccc2C(C)(C)C)cc1. The van der Waals surface area contributed by atoms with Crippen LogP contribution in [0, 0.1) is 0 Å². The maximum atomic E-state index is 12.3. The van der Waals surface area contributed by atoms with Crippen molar-refractivity contribution in [3.63, 3.8) is 0 Å². The van der Waals surface area contributed by atoms with Crippen LogP contribution in [0.2, 0.25) is 0 Å². The highest BCUT2D eigenvalue weighted by Gasteiger charge is 2.18. The standard InChI is InChI=1S/C23H31N3O3/c1-16(2)24-22(28)26(6)17-11-13-18(14-12-17)29-15-21(27)25-20-10-8-7-9-19(20)23(3,4)5/h7-14,16H,15H2,1-6H3,(H,24,28)(H,25,27). The van der Waals surface area contributed by atoms with Crippen LogP contribution in [0.15, 0.2) is 48.5 Å². The van der Waals surface area contributed by atoms with E-state index in [1.54, 1.807) is 31.3 Å². The second-order valence-corrected chi connectivity index (χ2v) is 8.29. The number of nitrogens with one attached hydrogen (secondary N) is 2. The van der Waals surface area contributed by atoms with Crippen molar-refractivity contribution in [1.29, 1.82) is 0 Å². The summed E-state index contributed by atoms with van der Waals surface area (Å²) in [6.45, 7) is 10.0. The Labute approximate surface area is 173 Å². The van der Waals surface area contributed by atoms with Crippen LogP contribution in [-0.2, 0) is 10.2 Å². The van der Waals surface area contributed by atoms with Crippen LogP contribution in [0.5, 0.6) is 5.75 Å². The summed E-state index contributed by atoms with van der Waals surface area (Å²) in [6.07, 6.45) is 0. The summed E-state index contributed by atoms with van der Waals surface area (Å²) in [4.78, 5) is 25.9. The first-order valence-corrected chi connectivity index (χ1v) is 9.74. The zero-order valence-corrected chi connectivity index (χ0v) is 18.1. The number of carbonyl (C=O) groups is 2. The van der Waals surface area contributed by atoms with Crippen LogP contribution < -0.4 is 20.3 Å². The number of para-hydroxylation sites is 1. The molecule has 3 amide bonds. The summed E-state index contributed by atoms with van der Waals surface area (Å²) in [7, 11) is 1.70. The van der Waals surface area contributed by atoms with Crippen LogP contribution in [-0.4, -0.2) is 31.6 Å². The molecule has 0 aromatic heterocycles. The van der Waals surface area contributed by atoms with Gasteiger partial charge in [0, 0.05) is 24.5 Å². The number of carbonyl (C=O) groups excluding carboxylic acids is 2. The monoisotopic (exact) mass is 397 g/mol. The number of benzene rings is 2. The normalized spacial score (nSPS) is 11.1. The van der Waals surface area contributed by atoms with E-state index >= 15 is 0 Å². The number of hydrogen-bond donors (Lipinski definition) is 2. The van der Waals surface area contributed by atoms with E-state index in [-0.39, 0.29) is 30.0 Å². The van der Waals surface area contributed by atoms with Gasteiger partial charge in [-0.3, -0.25) is 9.69 Å². The zero-order chi connectivity index (χ0) is 21.6. The number of amides is 3. The first-order valence-electron chi connectivity index (χ1n) is 9.74. The van der Waals surface area contributed by atoms with E-state index in [2.05, 4.69) is 31.4 Å². The Kier molecular flexibility index (Phi) is 7.26. The first kappa shape index (κ1) is 22.3. The molecule has 156 valence electrons. The van der Waals surface area contributed by atoms with E-state index in [4.69, 9.17) is 4.74 Å². The predicted octanol–water partition coefficient (Wildman–Crippen LogP) is 4.56. The third-order valence-corrected chi connectivity index (χ3v) is 4.32. The van der Waals surface area contributed by atoms with Gasteiger partial charge in [-0.15, -0.1) is 0 Å². The molecule has 0 saturated carbocycles. The lowest BCUT2D eigenvalue weighted by Gasteiger charge is -2.23. The largest absolute Gasteiger partial charge is 0.484 e. The van der Waals surface area contributed by atoms with Crippen molar-refractivity contribution in [2.45, 2.75) is 46.1 Å². The topological polar surface area (TPSA) is 70.7 Å². The minimum absolute atomic E-state index is 0.0643. The first-order chi connectivity index (χ1) is 13.6. The summed E-state index contributed by atoms with van der Waals surface area (Å²) >= 11 is 0. The molecule has 2 N–H and O–H groups in total. The fourth-order valence-corrected chi connectivity index (χ4v) is 2.81. The average molecular weight is 398 g/mol. The fraction of sp³-hybridized carbons (Fsp3) is 0.391. The van der Waals surface area contributed by atoms with Crippen LogP contribution in [0.3, 0.4) is 0 Å². The van der Waals surface area contributed by atoms with E-state index in [1.165, 1.54) is 4.90 Å². The average Bonchev–Trinajstić information content (AvgIpc) is 2.65. The molecule has 0 radical (unpaired) electrons. The highest BCUT2D eigenvalue weighted by Crippen LogP contribution is 2.29. The Morgan fingerprint density at radius 2 is 1.66 bits per heavy atom. The van der Waals surface area contributed by atoms with Gasteiger partial charge in [-0.05, 0) is 55.2 Å². The number of ether oxygens (including phenoxy) is 1. The van der Waals surface area contributed by atoms with Crippen molar-refractivity contribution in [3.05, 3.63) is 54.1 Å². The predicted molar refractivity (Wildman–Crippen MR) is 118 cm³/mol. The zero-order valence-electron chi connectivity index (χ0n) is 18.1. The lowest BCUT2D eigenvalue weighted by molar-refractivity contribution is -0.118. The summed E-state index contributed by atoms with van der Waals surface area (Å²) in [5.74, 6) is 0.338. The van der Waals surface area contributed by atoms with Gasteiger partial charge in [0.1, 0.15) is 5.75 Å². The molecule has 2 aromatic rings. The number of urea groups is 1. The molecule has 6 heteroatoms. The Hall–Kier alpha value is -3.02. The van der Waals surface area contributed by atoms with E-state index in [1.807, 2.05) is 38.1 Å². The lowest BCUT2D eigenvalue weighted by atomic mass is 9.86. The Bertz CT molecular complexity index is 839. The van der Waals surface area contributed by atoms with E-state index in [0.29, 0.717) is 5.75 Å². The molecule has 0 fully saturated rings. The molecule has 0 aliphatic carbocycles. The summed E-state index contributed by atoms with van der Waals surface area (Å²) < 4.78 is 5.59. The number of nitrogens with zero attached hydrogens (tertiary/aromatic N) is 1. The third-order valence-electron chi connectivity index (χ3n) is 4.32. The molecular weight excluding hydrogens is 366 g/mol.